The second-order valence-electron chi connectivity index (χ2n) is 2.54. The van der Waals surface area contributed by atoms with Crippen molar-refractivity contribution in [2.45, 2.75) is 19.9 Å². The maximum absolute atomic E-state index is 4.30. The molecule has 0 N–H and O–H groups in total. The Balaban J connectivity index is 0.000000396. The molecule has 1 atom stereocenters. The lowest BCUT2D eigenvalue weighted by Gasteiger charge is -2.09. The lowest BCUT2D eigenvalue weighted by molar-refractivity contribution is 0.982. The van der Waals surface area contributed by atoms with Crippen LogP contribution in [-0.4, -0.2) is 12.3 Å². The summed E-state index contributed by atoms with van der Waals surface area (Å²) >= 11 is 0. The first-order valence-corrected chi connectivity index (χ1v) is 4.72. The third kappa shape index (κ3) is 2.55. The Kier molecular flexibility index (Phi) is 3.97. The highest BCUT2D eigenvalue weighted by Crippen LogP contribution is 2.15. The van der Waals surface area contributed by atoms with Gasteiger partial charge in [-0.25, -0.2) is 0 Å². The normalized spacial score (nSPS) is 22.6. The average Bonchev–Trinajstić information content (AvgIpc) is 2.45. The molecule has 68 valence electrons. The van der Waals surface area contributed by atoms with Crippen molar-refractivity contribution in [3.8, 4) is 0 Å². The molecule has 0 aromatic heterocycles. The molecule has 1 unspecified atom stereocenters. The van der Waals surface area contributed by atoms with E-state index >= 15 is 0 Å². The molecule has 0 aromatic carbocycles. The van der Waals surface area contributed by atoms with Gasteiger partial charge in [-0.3, -0.25) is 4.99 Å². The summed E-state index contributed by atoms with van der Waals surface area (Å²) < 4.78 is 0. The maximum atomic E-state index is 4.30. The van der Waals surface area contributed by atoms with Crippen molar-refractivity contribution < 1.29 is 0 Å². The van der Waals surface area contributed by atoms with E-state index in [0.717, 1.165) is 0 Å². The second-order valence-corrected chi connectivity index (χ2v) is 2.54. The van der Waals surface area contributed by atoms with Crippen LogP contribution >= 0.6 is 0 Å². The van der Waals surface area contributed by atoms with Crippen molar-refractivity contribution in [2.24, 2.45) is 4.99 Å². The van der Waals surface area contributed by atoms with Crippen LogP contribution in [0.2, 0.25) is 0 Å². The third-order valence-corrected chi connectivity index (χ3v) is 1.77. The van der Waals surface area contributed by atoms with E-state index in [1.54, 1.807) is 0 Å². The predicted molar refractivity (Wildman–Crippen MR) is 59.1 cm³/mol. The van der Waals surface area contributed by atoms with E-state index in [1.807, 2.05) is 44.4 Å². The SMILES string of the molecule is C1=CC=C2C=CC=NC2C=C1.CC. The van der Waals surface area contributed by atoms with Crippen LogP contribution in [0.4, 0.5) is 0 Å². The monoisotopic (exact) mass is 173 g/mol. The van der Waals surface area contributed by atoms with E-state index in [-0.39, 0.29) is 6.04 Å². The molecule has 0 bridgehead atoms. The zero-order valence-corrected chi connectivity index (χ0v) is 8.14. The summed E-state index contributed by atoms with van der Waals surface area (Å²) in [5.41, 5.74) is 1.26. The van der Waals surface area contributed by atoms with Gasteiger partial charge in [0, 0.05) is 6.21 Å². The van der Waals surface area contributed by atoms with Gasteiger partial charge in [0.25, 0.3) is 0 Å². The standard InChI is InChI=1S/C10H9N.C2H6/c1-2-5-9-6-4-8-11-10(9)7-3-1;1-2/h1-8,10H;1-2H3. The van der Waals surface area contributed by atoms with Gasteiger partial charge in [-0.1, -0.05) is 50.3 Å². The molecule has 1 aliphatic heterocycles. The summed E-state index contributed by atoms with van der Waals surface area (Å²) in [6, 6.07) is 0.245. The molecule has 0 fully saturated rings. The molecule has 0 aromatic rings. The fraction of sp³-hybridized carbons (Fsp3) is 0.250. The Morgan fingerprint density at radius 1 is 1.08 bits per heavy atom. The molecule has 1 heterocycles. The Morgan fingerprint density at radius 3 is 2.77 bits per heavy atom. The highest BCUT2D eigenvalue weighted by molar-refractivity contribution is 5.75. The van der Waals surface area contributed by atoms with Gasteiger partial charge in [-0.2, -0.15) is 0 Å². The largest absolute Gasteiger partial charge is 0.281 e. The van der Waals surface area contributed by atoms with Crippen LogP contribution in [0.25, 0.3) is 0 Å². The van der Waals surface area contributed by atoms with E-state index < -0.39 is 0 Å². The van der Waals surface area contributed by atoms with E-state index in [1.165, 1.54) is 5.57 Å². The maximum Gasteiger partial charge on any atom is 0.0933 e. The summed E-state index contributed by atoms with van der Waals surface area (Å²) in [6.45, 7) is 4.00. The Morgan fingerprint density at radius 2 is 1.92 bits per heavy atom. The van der Waals surface area contributed by atoms with Crippen molar-refractivity contribution in [3.63, 3.8) is 0 Å². The molecule has 0 spiro atoms. The van der Waals surface area contributed by atoms with E-state index in [2.05, 4.69) is 23.2 Å². The van der Waals surface area contributed by atoms with Crippen LogP contribution in [0.15, 0.2) is 53.1 Å². The molecule has 1 aliphatic carbocycles. The zero-order chi connectivity index (χ0) is 9.52. The number of hydrogen-bond acceptors (Lipinski definition) is 1. The molecule has 0 saturated heterocycles. The number of allylic oxidation sites excluding steroid dienone is 5. The van der Waals surface area contributed by atoms with Gasteiger partial charge in [0.2, 0.25) is 0 Å². The van der Waals surface area contributed by atoms with Crippen molar-refractivity contribution in [1.82, 2.24) is 0 Å². The van der Waals surface area contributed by atoms with E-state index in [0.29, 0.717) is 0 Å². The summed E-state index contributed by atoms with van der Waals surface area (Å²) in [6.07, 6.45) is 16.2. The quantitative estimate of drug-likeness (QED) is 0.534. The van der Waals surface area contributed by atoms with Crippen LogP contribution in [0.3, 0.4) is 0 Å². The number of rotatable bonds is 0. The van der Waals surface area contributed by atoms with Crippen LogP contribution in [0.1, 0.15) is 13.8 Å². The molecule has 0 saturated carbocycles. The molecule has 1 nitrogen and oxygen atoms in total. The van der Waals surface area contributed by atoms with Crippen LogP contribution in [-0.2, 0) is 0 Å². The molecule has 2 rings (SSSR count). The fourth-order valence-corrected chi connectivity index (χ4v) is 1.20. The number of aliphatic imine (C=N–C) groups is 1. The highest BCUT2D eigenvalue weighted by atomic mass is 14.8. The smallest absolute Gasteiger partial charge is 0.0933 e. The number of hydrogen-bond donors (Lipinski definition) is 0. The minimum Gasteiger partial charge on any atom is -0.281 e. The van der Waals surface area contributed by atoms with Gasteiger partial charge >= 0.3 is 0 Å². The summed E-state index contributed by atoms with van der Waals surface area (Å²) in [5, 5.41) is 0. The molecule has 1 heteroatoms. The van der Waals surface area contributed by atoms with Crippen molar-refractivity contribution >= 4 is 6.21 Å². The molecule has 13 heavy (non-hydrogen) atoms. The Hall–Kier alpha value is -1.37. The minimum absolute atomic E-state index is 0.245. The van der Waals surface area contributed by atoms with Crippen LogP contribution < -0.4 is 0 Å². The lowest BCUT2D eigenvalue weighted by Crippen LogP contribution is -2.05. The number of fused-ring (bicyclic) bond motifs is 1. The topological polar surface area (TPSA) is 12.4 Å². The van der Waals surface area contributed by atoms with Crippen molar-refractivity contribution in [3.05, 3.63) is 48.1 Å². The minimum atomic E-state index is 0.245. The fourth-order valence-electron chi connectivity index (χ4n) is 1.20. The summed E-state index contributed by atoms with van der Waals surface area (Å²) in [4.78, 5) is 4.30. The molecule has 0 amide bonds. The van der Waals surface area contributed by atoms with E-state index in [4.69, 9.17) is 0 Å². The van der Waals surface area contributed by atoms with Crippen LogP contribution in [0.5, 0.6) is 0 Å². The van der Waals surface area contributed by atoms with Crippen molar-refractivity contribution in [1.29, 1.82) is 0 Å². The first-order valence-electron chi connectivity index (χ1n) is 4.72. The van der Waals surface area contributed by atoms with Gasteiger partial charge in [-0.05, 0) is 11.6 Å². The van der Waals surface area contributed by atoms with Crippen LogP contribution in [0, 0.1) is 0 Å². The van der Waals surface area contributed by atoms with Gasteiger partial charge in [0.1, 0.15) is 0 Å². The summed E-state index contributed by atoms with van der Waals surface area (Å²) in [5.74, 6) is 0. The van der Waals surface area contributed by atoms with Gasteiger partial charge in [-0.15, -0.1) is 0 Å². The highest BCUT2D eigenvalue weighted by Gasteiger charge is 2.07. The van der Waals surface area contributed by atoms with Gasteiger partial charge in [0.05, 0.1) is 6.04 Å². The zero-order valence-electron chi connectivity index (χ0n) is 8.14. The number of dihydropyridines is 1. The second kappa shape index (κ2) is 5.31. The first-order chi connectivity index (χ1) is 6.47. The van der Waals surface area contributed by atoms with Crippen molar-refractivity contribution in [2.75, 3.05) is 0 Å². The van der Waals surface area contributed by atoms with E-state index in [9.17, 15) is 0 Å². The predicted octanol–water partition coefficient (Wildman–Crippen LogP) is 3.07. The van der Waals surface area contributed by atoms with Gasteiger partial charge in [0.15, 0.2) is 0 Å². The Bertz CT molecular complexity index is 290. The average molecular weight is 173 g/mol. The third-order valence-electron chi connectivity index (χ3n) is 1.77. The number of nitrogens with zero attached hydrogens (tertiary/aromatic N) is 1. The molecular weight excluding hydrogens is 158 g/mol. The Labute approximate surface area is 79.9 Å². The molecule has 0 radical (unpaired) electrons. The first kappa shape index (κ1) is 9.72. The van der Waals surface area contributed by atoms with Gasteiger partial charge < -0.3 is 0 Å². The molecule has 2 aliphatic rings. The summed E-state index contributed by atoms with van der Waals surface area (Å²) in [7, 11) is 0. The lowest BCUT2D eigenvalue weighted by atomic mass is 10.1. The molecular formula is C12H15N.